The van der Waals surface area contributed by atoms with Gasteiger partial charge in [0.05, 0.1) is 0 Å². The Kier molecular flexibility index (Phi) is 4.64. The van der Waals surface area contributed by atoms with Crippen LogP contribution >= 0.6 is 0 Å². The van der Waals surface area contributed by atoms with E-state index >= 15 is 0 Å². The molecule has 0 saturated carbocycles. The van der Waals surface area contributed by atoms with Gasteiger partial charge in [-0.05, 0) is 62.1 Å². The van der Waals surface area contributed by atoms with Crippen LogP contribution in [0.4, 0.5) is 0 Å². The van der Waals surface area contributed by atoms with E-state index in [0.29, 0.717) is 25.1 Å². The fourth-order valence-electron chi connectivity index (χ4n) is 4.83. The van der Waals surface area contributed by atoms with Crippen LogP contribution in [0.15, 0.2) is 60.7 Å². The maximum atomic E-state index is 2.41. The zero-order valence-corrected chi connectivity index (χ0v) is 16.1. The summed E-state index contributed by atoms with van der Waals surface area (Å²) < 4.78 is 0. The maximum absolute atomic E-state index is 2.41. The van der Waals surface area contributed by atoms with Gasteiger partial charge in [0.2, 0.25) is 13.5 Å². The minimum atomic E-state index is 0.394. The van der Waals surface area contributed by atoms with Crippen LogP contribution in [0, 0.1) is 0 Å². The highest BCUT2D eigenvalue weighted by molar-refractivity contribution is 7.21. The predicted octanol–water partition coefficient (Wildman–Crippen LogP) is 3.87. The molecule has 2 unspecified atom stereocenters. The second-order valence-electron chi connectivity index (χ2n) is 7.94. The smallest absolute Gasteiger partial charge is 0.220 e. The van der Waals surface area contributed by atoms with Crippen molar-refractivity contribution in [2.45, 2.75) is 11.6 Å². The summed E-state index contributed by atoms with van der Waals surface area (Å²) in [6, 6.07) is 17.7. The monoisotopic (exact) mass is 340 g/mol. The van der Waals surface area contributed by atoms with Gasteiger partial charge in [-0.15, -0.1) is 0 Å². The number of nitrogens with zero attached hydrogens (tertiary/aromatic N) is 2. The van der Waals surface area contributed by atoms with Gasteiger partial charge in [-0.1, -0.05) is 72.8 Å². The zero-order chi connectivity index (χ0) is 18.3. The molecule has 0 fully saturated rings. The van der Waals surface area contributed by atoms with Crippen LogP contribution in [0.1, 0.15) is 33.9 Å². The lowest BCUT2D eigenvalue weighted by Gasteiger charge is -2.38. The van der Waals surface area contributed by atoms with Crippen molar-refractivity contribution in [1.82, 2.24) is 9.62 Å². The van der Waals surface area contributed by atoms with E-state index in [1.54, 1.807) is 0 Å². The number of rotatable bonds is 5. The van der Waals surface area contributed by atoms with Crippen molar-refractivity contribution in [2.24, 2.45) is 0 Å². The number of hydrogen-bond acceptors (Lipinski definition) is 2. The fourth-order valence-corrected chi connectivity index (χ4v) is 4.83. The van der Waals surface area contributed by atoms with Crippen LogP contribution in [0.2, 0.25) is 0 Å². The van der Waals surface area contributed by atoms with E-state index in [1.165, 1.54) is 22.3 Å². The van der Waals surface area contributed by atoms with E-state index in [4.69, 9.17) is 0 Å². The van der Waals surface area contributed by atoms with Gasteiger partial charge in [0.15, 0.2) is 0 Å². The van der Waals surface area contributed by atoms with Gasteiger partial charge in [0, 0.05) is 0 Å². The molecule has 0 saturated heterocycles. The zero-order valence-electron chi connectivity index (χ0n) is 16.1. The molecule has 0 spiro atoms. The van der Waals surface area contributed by atoms with Crippen LogP contribution in [-0.4, -0.2) is 51.3 Å². The lowest BCUT2D eigenvalue weighted by atomic mass is 9.11. The Hall–Kier alpha value is -2.03. The third-order valence-electron chi connectivity index (χ3n) is 5.95. The molecule has 0 amide bonds. The maximum Gasteiger partial charge on any atom is 0.220 e. The molecule has 4 heteroatoms. The Balaban J connectivity index is 1.76. The molecule has 0 N–H and O–H groups in total. The lowest BCUT2D eigenvalue weighted by molar-refractivity contribution is 0.607. The van der Waals surface area contributed by atoms with Crippen molar-refractivity contribution in [3.8, 4) is 0 Å². The minimum absolute atomic E-state index is 0.394. The number of hydrogen-bond donors (Lipinski definition) is 0. The molecule has 2 aliphatic carbocycles. The molecule has 2 aliphatic rings. The molecule has 0 aromatic heterocycles. The van der Waals surface area contributed by atoms with Crippen LogP contribution in [0.3, 0.4) is 0 Å². The molecular weight excluding hydrogens is 314 g/mol. The van der Waals surface area contributed by atoms with E-state index < -0.39 is 0 Å². The normalized spacial score (nSPS) is 19.9. The molecule has 0 radical (unpaired) electrons. The molecule has 0 aliphatic heterocycles. The Morgan fingerprint density at radius 1 is 0.615 bits per heavy atom. The molecule has 2 aromatic carbocycles. The van der Waals surface area contributed by atoms with Gasteiger partial charge in [0.1, 0.15) is 0 Å². The number of allylic oxidation sites excluding steroid dienone is 2. The predicted molar refractivity (Wildman–Crippen MR) is 115 cm³/mol. The minimum Gasteiger partial charge on any atom is -0.351 e. The van der Waals surface area contributed by atoms with E-state index in [9.17, 15) is 0 Å². The lowest BCUT2D eigenvalue weighted by Crippen LogP contribution is -2.60. The summed E-state index contributed by atoms with van der Waals surface area (Å²) in [5.41, 5.74) is 5.63. The molecular formula is C22H26B2N2. The van der Waals surface area contributed by atoms with E-state index in [0.717, 1.165) is 0 Å². The summed E-state index contributed by atoms with van der Waals surface area (Å²) in [6.07, 6.45) is 9.39. The number of fused-ring (bicyclic) bond motifs is 2. The second kappa shape index (κ2) is 6.94. The first-order chi connectivity index (χ1) is 12.6. The largest absolute Gasteiger partial charge is 0.351 e. The Labute approximate surface area is 158 Å². The van der Waals surface area contributed by atoms with Crippen molar-refractivity contribution in [1.29, 1.82) is 0 Å². The molecule has 4 rings (SSSR count). The highest BCUT2D eigenvalue weighted by atomic mass is 15.0. The Morgan fingerprint density at radius 2 is 1.00 bits per heavy atom. The SMILES string of the molecule is CN(C)B(B(C1C=Cc2ccccc21)N(C)C)C1C=Cc2ccccc21. The van der Waals surface area contributed by atoms with E-state index in [1.807, 2.05) is 0 Å². The summed E-state index contributed by atoms with van der Waals surface area (Å²) in [4.78, 5) is 4.83. The van der Waals surface area contributed by atoms with E-state index in [2.05, 4.69) is 111 Å². The molecule has 130 valence electrons. The third-order valence-corrected chi connectivity index (χ3v) is 5.95. The van der Waals surface area contributed by atoms with Crippen molar-refractivity contribution in [2.75, 3.05) is 28.2 Å². The average Bonchev–Trinajstić information content (AvgIpc) is 3.23. The third kappa shape index (κ3) is 2.87. The van der Waals surface area contributed by atoms with Crippen LogP contribution in [0.25, 0.3) is 12.2 Å². The standard InChI is InChI=1S/C22H26B2N2/c1-25(2)23(21-15-13-17-9-5-7-11-19(17)21)24(26(3)4)22-16-14-18-10-6-8-12-20(18)22/h5-16,21-22H,1-4H3. The topological polar surface area (TPSA) is 6.48 Å². The first-order valence-corrected chi connectivity index (χ1v) is 9.45. The summed E-state index contributed by atoms with van der Waals surface area (Å²) in [5.74, 6) is 0.824. The number of benzene rings is 2. The van der Waals surface area contributed by atoms with Crippen LogP contribution in [0.5, 0.6) is 0 Å². The molecule has 0 heterocycles. The van der Waals surface area contributed by atoms with Crippen molar-refractivity contribution in [3.63, 3.8) is 0 Å². The summed E-state index contributed by atoms with van der Waals surface area (Å²) in [7, 11) is 8.89. The second-order valence-corrected chi connectivity index (χ2v) is 7.94. The van der Waals surface area contributed by atoms with Gasteiger partial charge >= 0.3 is 0 Å². The van der Waals surface area contributed by atoms with Crippen LogP contribution in [-0.2, 0) is 0 Å². The highest BCUT2D eigenvalue weighted by Gasteiger charge is 2.46. The fraction of sp³-hybridized carbons (Fsp3) is 0.273. The molecule has 2 nitrogen and oxygen atoms in total. The van der Waals surface area contributed by atoms with Gasteiger partial charge < -0.3 is 9.62 Å². The van der Waals surface area contributed by atoms with Crippen LogP contribution < -0.4 is 0 Å². The van der Waals surface area contributed by atoms with Gasteiger partial charge in [-0.3, -0.25) is 0 Å². The Morgan fingerprint density at radius 3 is 1.38 bits per heavy atom. The van der Waals surface area contributed by atoms with Gasteiger partial charge in [0.25, 0.3) is 0 Å². The van der Waals surface area contributed by atoms with Crippen molar-refractivity contribution >= 4 is 25.6 Å². The first kappa shape index (κ1) is 17.4. The van der Waals surface area contributed by atoms with Crippen molar-refractivity contribution < 1.29 is 0 Å². The Bertz CT molecular complexity index is 785. The van der Waals surface area contributed by atoms with E-state index in [-0.39, 0.29) is 0 Å². The molecule has 2 aromatic rings. The highest BCUT2D eigenvalue weighted by Crippen LogP contribution is 2.39. The molecule has 0 bridgehead atoms. The van der Waals surface area contributed by atoms with Crippen molar-refractivity contribution in [3.05, 3.63) is 82.9 Å². The molecule has 2 atom stereocenters. The van der Waals surface area contributed by atoms with Gasteiger partial charge in [-0.2, -0.15) is 0 Å². The molecule has 26 heavy (non-hydrogen) atoms. The quantitative estimate of drug-likeness (QED) is 0.763. The first-order valence-electron chi connectivity index (χ1n) is 9.45. The van der Waals surface area contributed by atoms with Gasteiger partial charge in [-0.25, -0.2) is 0 Å². The summed E-state index contributed by atoms with van der Waals surface area (Å²) >= 11 is 0. The average molecular weight is 340 g/mol. The summed E-state index contributed by atoms with van der Waals surface area (Å²) in [6.45, 7) is 0.788. The summed E-state index contributed by atoms with van der Waals surface area (Å²) in [5, 5.41) is 0.